The Morgan fingerprint density at radius 3 is 2.52 bits per heavy atom. The Morgan fingerprint density at radius 2 is 1.86 bits per heavy atom. The number of fused-ring (bicyclic) bond motifs is 1. The molecule has 3 rings (SSSR count). The first-order valence-electron chi connectivity index (χ1n) is 6.93. The van der Waals surface area contributed by atoms with Crippen LogP contribution in [0.5, 0.6) is 0 Å². The van der Waals surface area contributed by atoms with Gasteiger partial charge in [-0.05, 0) is 54.7 Å². The summed E-state index contributed by atoms with van der Waals surface area (Å²) in [5, 5.41) is 8.65. The van der Waals surface area contributed by atoms with Gasteiger partial charge in [0, 0.05) is 5.69 Å². The van der Waals surface area contributed by atoms with Crippen molar-refractivity contribution in [2.45, 2.75) is 30.7 Å². The van der Waals surface area contributed by atoms with Gasteiger partial charge in [0.05, 0.1) is 10.9 Å². The molecule has 1 atom stereocenters. The average molecular weight is 302 g/mol. The lowest BCUT2D eigenvalue weighted by Crippen LogP contribution is -2.19. The molecule has 0 fully saturated rings. The first kappa shape index (κ1) is 14.1. The van der Waals surface area contributed by atoms with Crippen LogP contribution in [0.15, 0.2) is 47.4 Å². The van der Waals surface area contributed by atoms with E-state index in [9.17, 15) is 8.42 Å². The van der Waals surface area contributed by atoms with Crippen LogP contribution in [0.1, 0.15) is 29.2 Å². The molecular formula is C16H18N2O2S. The summed E-state index contributed by atoms with van der Waals surface area (Å²) in [6.07, 6.45) is 2.02. The van der Waals surface area contributed by atoms with Gasteiger partial charge in [-0.1, -0.05) is 24.3 Å². The first-order chi connectivity index (χ1) is 9.95. The van der Waals surface area contributed by atoms with Gasteiger partial charge in [0.15, 0.2) is 0 Å². The molecule has 1 heterocycles. The molecule has 1 aliphatic heterocycles. The smallest absolute Gasteiger partial charge is 0.238 e. The number of hydrogen-bond acceptors (Lipinski definition) is 3. The summed E-state index contributed by atoms with van der Waals surface area (Å²) in [6.45, 7) is 2.13. The van der Waals surface area contributed by atoms with Crippen molar-refractivity contribution in [3.63, 3.8) is 0 Å². The van der Waals surface area contributed by atoms with E-state index >= 15 is 0 Å². The van der Waals surface area contributed by atoms with Crippen molar-refractivity contribution in [3.05, 3.63) is 59.2 Å². The molecule has 0 aliphatic carbocycles. The molecule has 5 heteroatoms. The van der Waals surface area contributed by atoms with Crippen molar-refractivity contribution in [3.8, 4) is 0 Å². The van der Waals surface area contributed by atoms with Crippen molar-refractivity contribution in [1.29, 1.82) is 0 Å². The standard InChI is InChI=1S/C16H18N2O2S/c1-11-3-2-4-16-14(11)9-10-15(18-16)12-5-7-13(8-6-12)21(17,19)20/h2-8,15,18H,9-10H2,1H3,(H2,17,19,20). The topological polar surface area (TPSA) is 72.2 Å². The van der Waals surface area contributed by atoms with Crippen LogP contribution in [0.3, 0.4) is 0 Å². The summed E-state index contributed by atoms with van der Waals surface area (Å²) in [7, 11) is -3.62. The highest BCUT2D eigenvalue weighted by Crippen LogP contribution is 2.34. The number of benzene rings is 2. The first-order valence-corrected chi connectivity index (χ1v) is 8.47. The molecule has 4 nitrogen and oxygen atoms in total. The summed E-state index contributed by atoms with van der Waals surface area (Å²) >= 11 is 0. The molecule has 2 aromatic rings. The third-order valence-corrected chi connectivity index (χ3v) is 4.96. The van der Waals surface area contributed by atoms with E-state index in [1.807, 2.05) is 18.2 Å². The lowest BCUT2D eigenvalue weighted by Gasteiger charge is -2.28. The van der Waals surface area contributed by atoms with E-state index in [0.717, 1.165) is 18.4 Å². The number of anilines is 1. The van der Waals surface area contributed by atoms with E-state index in [-0.39, 0.29) is 10.9 Å². The molecule has 0 saturated carbocycles. The van der Waals surface area contributed by atoms with Gasteiger partial charge in [-0.25, -0.2) is 13.6 Å². The molecule has 0 amide bonds. The van der Waals surface area contributed by atoms with E-state index in [2.05, 4.69) is 24.4 Å². The number of primary sulfonamides is 1. The van der Waals surface area contributed by atoms with Crippen LogP contribution in [-0.4, -0.2) is 8.42 Å². The molecule has 0 bridgehead atoms. The van der Waals surface area contributed by atoms with Gasteiger partial charge in [0.1, 0.15) is 0 Å². The Hall–Kier alpha value is -1.85. The van der Waals surface area contributed by atoms with E-state index in [1.165, 1.54) is 16.8 Å². The Balaban J connectivity index is 1.86. The van der Waals surface area contributed by atoms with Gasteiger partial charge >= 0.3 is 0 Å². The summed E-state index contributed by atoms with van der Waals surface area (Å²) < 4.78 is 22.6. The number of rotatable bonds is 2. The molecule has 0 saturated heterocycles. The van der Waals surface area contributed by atoms with Crippen LogP contribution < -0.4 is 10.5 Å². The summed E-state index contributed by atoms with van der Waals surface area (Å²) in [4.78, 5) is 0.151. The zero-order chi connectivity index (χ0) is 15.0. The molecule has 0 spiro atoms. The number of sulfonamides is 1. The highest BCUT2D eigenvalue weighted by atomic mass is 32.2. The van der Waals surface area contributed by atoms with Crippen LogP contribution in [0.4, 0.5) is 5.69 Å². The number of nitrogens with one attached hydrogen (secondary N) is 1. The Labute approximate surface area is 125 Å². The molecule has 1 unspecified atom stereocenters. The Bertz CT molecular complexity index is 767. The Morgan fingerprint density at radius 1 is 1.14 bits per heavy atom. The fraction of sp³-hybridized carbons (Fsp3) is 0.250. The lowest BCUT2D eigenvalue weighted by molar-refractivity contribution is 0.597. The average Bonchev–Trinajstić information content (AvgIpc) is 2.46. The molecule has 2 aromatic carbocycles. The van der Waals surface area contributed by atoms with Gasteiger partial charge in [0.25, 0.3) is 0 Å². The van der Waals surface area contributed by atoms with Crippen molar-refractivity contribution in [1.82, 2.24) is 0 Å². The molecular weight excluding hydrogens is 284 g/mol. The summed E-state index contributed by atoms with van der Waals surface area (Å²) in [5.41, 5.74) is 4.93. The summed E-state index contributed by atoms with van der Waals surface area (Å²) in [6, 6.07) is 13.3. The van der Waals surface area contributed by atoms with Crippen molar-refractivity contribution in [2.24, 2.45) is 5.14 Å². The van der Waals surface area contributed by atoms with Gasteiger partial charge in [0.2, 0.25) is 10.0 Å². The summed E-state index contributed by atoms with van der Waals surface area (Å²) in [5.74, 6) is 0. The normalized spacial score (nSPS) is 17.9. The maximum Gasteiger partial charge on any atom is 0.238 e. The number of aryl methyl sites for hydroxylation is 1. The highest BCUT2D eigenvalue weighted by Gasteiger charge is 2.20. The van der Waals surface area contributed by atoms with Gasteiger partial charge in [-0.15, -0.1) is 0 Å². The number of hydrogen-bond donors (Lipinski definition) is 2. The maximum atomic E-state index is 11.3. The fourth-order valence-electron chi connectivity index (χ4n) is 2.86. The number of nitrogens with two attached hydrogens (primary N) is 1. The van der Waals surface area contributed by atoms with E-state index in [4.69, 9.17) is 5.14 Å². The monoisotopic (exact) mass is 302 g/mol. The van der Waals surface area contributed by atoms with Crippen molar-refractivity contribution < 1.29 is 8.42 Å². The molecule has 110 valence electrons. The molecule has 3 N–H and O–H groups in total. The zero-order valence-corrected chi connectivity index (χ0v) is 12.7. The third-order valence-electron chi connectivity index (χ3n) is 4.03. The molecule has 0 radical (unpaired) electrons. The Kier molecular flexibility index (Phi) is 3.47. The lowest BCUT2D eigenvalue weighted by atomic mass is 9.91. The maximum absolute atomic E-state index is 11.3. The van der Waals surface area contributed by atoms with Crippen LogP contribution >= 0.6 is 0 Å². The minimum atomic E-state index is -3.62. The van der Waals surface area contributed by atoms with Crippen LogP contribution in [0, 0.1) is 6.92 Å². The predicted octanol–water partition coefficient (Wildman–Crippen LogP) is 2.74. The minimum Gasteiger partial charge on any atom is -0.378 e. The van der Waals surface area contributed by atoms with E-state index < -0.39 is 10.0 Å². The van der Waals surface area contributed by atoms with Crippen LogP contribution in [-0.2, 0) is 16.4 Å². The zero-order valence-electron chi connectivity index (χ0n) is 11.8. The highest BCUT2D eigenvalue weighted by molar-refractivity contribution is 7.89. The molecule has 21 heavy (non-hydrogen) atoms. The molecule has 1 aliphatic rings. The van der Waals surface area contributed by atoms with Crippen molar-refractivity contribution in [2.75, 3.05) is 5.32 Å². The third kappa shape index (κ3) is 2.80. The van der Waals surface area contributed by atoms with E-state index in [1.54, 1.807) is 12.1 Å². The van der Waals surface area contributed by atoms with Crippen LogP contribution in [0.25, 0.3) is 0 Å². The fourth-order valence-corrected chi connectivity index (χ4v) is 3.37. The SMILES string of the molecule is Cc1cccc2c1CCC(c1ccc(S(N)(=O)=O)cc1)N2. The largest absolute Gasteiger partial charge is 0.378 e. The molecule has 0 aromatic heterocycles. The quantitative estimate of drug-likeness (QED) is 0.896. The minimum absolute atomic E-state index is 0.151. The van der Waals surface area contributed by atoms with Crippen molar-refractivity contribution >= 4 is 15.7 Å². The second-order valence-electron chi connectivity index (χ2n) is 5.45. The van der Waals surface area contributed by atoms with Gasteiger partial charge in [-0.2, -0.15) is 0 Å². The second kappa shape index (κ2) is 5.16. The van der Waals surface area contributed by atoms with E-state index in [0.29, 0.717) is 0 Å². The van der Waals surface area contributed by atoms with Gasteiger partial charge in [-0.3, -0.25) is 0 Å². The van der Waals surface area contributed by atoms with Crippen LogP contribution in [0.2, 0.25) is 0 Å². The predicted molar refractivity (Wildman–Crippen MR) is 83.7 cm³/mol. The van der Waals surface area contributed by atoms with Gasteiger partial charge < -0.3 is 5.32 Å². The second-order valence-corrected chi connectivity index (χ2v) is 7.01.